The number of halogens is 1. The second kappa shape index (κ2) is 4.83. The van der Waals surface area contributed by atoms with E-state index in [1.807, 2.05) is 32.0 Å². The Kier molecular flexibility index (Phi) is 3.39. The summed E-state index contributed by atoms with van der Waals surface area (Å²) in [5, 5.41) is 9.68. The molecule has 0 heterocycles. The third kappa shape index (κ3) is 2.39. The third-order valence-electron chi connectivity index (χ3n) is 2.90. The molecule has 0 bridgehead atoms. The maximum Gasteiger partial charge on any atom is 0.336 e. The molecule has 2 aromatic carbocycles. The molecule has 0 radical (unpaired) electrons. The quantitative estimate of drug-likeness (QED) is 0.873. The smallest absolute Gasteiger partial charge is 0.336 e. The third-order valence-corrected chi connectivity index (χ3v) is 3.13. The van der Waals surface area contributed by atoms with Crippen LogP contribution in [-0.4, -0.2) is 11.1 Å². The van der Waals surface area contributed by atoms with E-state index in [0.717, 1.165) is 16.7 Å². The van der Waals surface area contributed by atoms with Crippen LogP contribution in [0.3, 0.4) is 0 Å². The number of carbonyl (C=O) groups is 1. The van der Waals surface area contributed by atoms with Crippen molar-refractivity contribution in [1.29, 1.82) is 0 Å². The normalized spacial score (nSPS) is 10.4. The Morgan fingerprint density at radius 2 is 1.78 bits per heavy atom. The number of hydrogen-bond donors (Lipinski definition) is 1. The maximum atomic E-state index is 11.3. The largest absolute Gasteiger partial charge is 0.478 e. The molecule has 0 aromatic heterocycles. The minimum absolute atomic E-state index is 0.233. The number of benzene rings is 2. The zero-order chi connectivity index (χ0) is 13.3. The molecule has 0 aliphatic heterocycles. The van der Waals surface area contributed by atoms with E-state index in [2.05, 4.69) is 0 Å². The first-order chi connectivity index (χ1) is 8.49. The Morgan fingerprint density at radius 1 is 1.06 bits per heavy atom. The fraction of sp³-hybridized carbons (Fsp3) is 0.133. The summed E-state index contributed by atoms with van der Waals surface area (Å²) >= 11 is 5.86. The standard InChI is InChI=1S/C15H13ClO2/c1-9-3-4-10(2)13(7-9)12-6-5-11(16)8-14(12)15(17)18/h3-8H,1-2H3,(H,17,18). The second-order valence-corrected chi connectivity index (χ2v) is 4.75. The van der Waals surface area contributed by atoms with E-state index in [1.54, 1.807) is 12.1 Å². The van der Waals surface area contributed by atoms with Crippen LogP contribution >= 0.6 is 11.6 Å². The lowest BCUT2D eigenvalue weighted by molar-refractivity contribution is 0.0697. The molecule has 0 saturated carbocycles. The highest BCUT2D eigenvalue weighted by atomic mass is 35.5. The van der Waals surface area contributed by atoms with Gasteiger partial charge in [0.25, 0.3) is 0 Å². The molecule has 0 unspecified atom stereocenters. The molecular weight excluding hydrogens is 248 g/mol. The molecule has 2 nitrogen and oxygen atoms in total. The monoisotopic (exact) mass is 260 g/mol. The van der Waals surface area contributed by atoms with Crippen molar-refractivity contribution in [1.82, 2.24) is 0 Å². The van der Waals surface area contributed by atoms with E-state index in [1.165, 1.54) is 6.07 Å². The van der Waals surface area contributed by atoms with Crippen LogP contribution in [0.1, 0.15) is 21.5 Å². The Balaban J connectivity index is 2.70. The van der Waals surface area contributed by atoms with E-state index in [-0.39, 0.29) is 5.56 Å². The number of hydrogen-bond acceptors (Lipinski definition) is 1. The van der Waals surface area contributed by atoms with E-state index in [4.69, 9.17) is 11.6 Å². The zero-order valence-corrected chi connectivity index (χ0v) is 11.0. The van der Waals surface area contributed by atoms with Crippen molar-refractivity contribution >= 4 is 17.6 Å². The summed E-state index contributed by atoms with van der Waals surface area (Å²) in [5.74, 6) is -0.964. The van der Waals surface area contributed by atoms with Crippen molar-refractivity contribution in [3.63, 3.8) is 0 Å². The van der Waals surface area contributed by atoms with E-state index < -0.39 is 5.97 Å². The second-order valence-electron chi connectivity index (χ2n) is 4.31. The minimum atomic E-state index is -0.964. The number of aromatic carboxylic acids is 1. The molecule has 1 N–H and O–H groups in total. The highest BCUT2D eigenvalue weighted by Crippen LogP contribution is 2.29. The summed E-state index contributed by atoms with van der Waals surface area (Å²) in [5.41, 5.74) is 4.01. The molecule has 2 rings (SSSR count). The predicted octanol–water partition coefficient (Wildman–Crippen LogP) is 4.32. The molecule has 0 atom stereocenters. The van der Waals surface area contributed by atoms with Gasteiger partial charge in [-0.15, -0.1) is 0 Å². The molecule has 18 heavy (non-hydrogen) atoms. The highest BCUT2D eigenvalue weighted by Gasteiger charge is 2.13. The van der Waals surface area contributed by atoms with Gasteiger partial charge < -0.3 is 5.11 Å². The first-order valence-electron chi connectivity index (χ1n) is 5.59. The molecule has 92 valence electrons. The van der Waals surface area contributed by atoms with Gasteiger partial charge in [-0.25, -0.2) is 4.79 Å². The lowest BCUT2D eigenvalue weighted by Crippen LogP contribution is -2.00. The molecule has 0 amide bonds. The van der Waals surface area contributed by atoms with Crippen LogP contribution in [0.15, 0.2) is 36.4 Å². The first kappa shape index (κ1) is 12.7. The van der Waals surface area contributed by atoms with Gasteiger partial charge in [-0.05, 0) is 42.7 Å². The van der Waals surface area contributed by atoms with Gasteiger partial charge in [0.1, 0.15) is 0 Å². The number of aryl methyl sites for hydroxylation is 2. The molecule has 0 fully saturated rings. The molecule has 0 aliphatic carbocycles. The van der Waals surface area contributed by atoms with Gasteiger partial charge in [0.05, 0.1) is 5.56 Å². The number of carboxylic acids is 1. The van der Waals surface area contributed by atoms with Crippen LogP contribution in [0, 0.1) is 13.8 Å². The van der Waals surface area contributed by atoms with Crippen LogP contribution in [0.5, 0.6) is 0 Å². The summed E-state index contributed by atoms with van der Waals surface area (Å²) in [6, 6.07) is 10.9. The van der Waals surface area contributed by atoms with Gasteiger partial charge >= 0.3 is 5.97 Å². The van der Waals surface area contributed by atoms with Crippen molar-refractivity contribution < 1.29 is 9.90 Å². The topological polar surface area (TPSA) is 37.3 Å². The van der Waals surface area contributed by atoms with Gasteiger partial charge in [-0.1, -0.05) is 41.4 Å². The summed E-state index contributed by atoms with van der Waals surface area (Å²) in [4.78, 5) is 11.3. The minimum Gasteiger partial charge on any atom is -0.478 e. The summed E-state index contributed by atoms with van der Waals surface area (Å²) in [6.45, 7) is 3.95. The molecule has 0 saturated heterocycles. The van der Waals surface area contributed by atoms with Gasteiger partial charge in [-0.3, -0.25) is 0 Å². The molecule has 2 aromatic rings. The summed E-state index contributed by atoms with van der Waals surface area (Å²) in [6.07, 6.45) is 0. The fourth-order valence-electron chi connectivity index (χ4n) is 1.95. The van der Waals surface area contributed by atoms with Crippen LogP contribution in [0.4, 0.5) is 0 Å². The molecule has 0 spiro atoms. The lowest BCUT2D eigenvalue weighted by atomic mass is 9.94. The number of carboxylic acid groups (broad SMARTS) is 1. The average molecular weight is 261 g/mol. The van der Waals surface area contributed by atoms with Crippen molar-refractivity contribution in [2.45, 2.75) is 13.8 Å². The fourth-order valence-corrected chi connectivity index (χ4v) is 2.13. The predicted molar refractivity (Wildman–Crippen MR) is 73.3 cm³/mol. The van der Waals surface area contributed by atoms with E-state index >= 15 is 0 Å². The van der Waals surface area contributed by atoms with Crippen LogP contribution in [0.2, 0.25) is 5.02 Å². The highest BCUT2D eigenvalue weighted by molar-refractivity contribution is 6.31. The van der Waals surface area contributed by atoms with Crippen molar-refractivity contribution in [2.24, 2.45) is 0 Å². The lowest BCUT2D eigenvalue weighted by Gasteiger charge is -2.11. The maximum absolute atomic E-state index is 11.3. The van der Waals surface area contributed by atoms with Gasteiger partial charge in [0.15, 0.2) is 0 Å². The molecule has 3 heteroatoms. The van der Waals surface area contributed by atoms with E-state index in [0.29, 0.717) is 10.6 Å². The Hall–Kier alpha value is -1.80. The van der Waals surface area contributed by atoms with E-state index in [9.17, 15) is 9.90 Å². The Bertz CT molecular complexity index is 618. The number of rotatable bonds is 2. The van der Waals surface area contributed by atoms with Crippen LogP contribution in [0.25, 0.3) is 11.1 Å². The van der Waals surface area contributed by atoms with Crippen molar-refractivity contribution in [2.75, 3.05) is 0 Å². The SMILES string of the molecule is Cc1ccc(C)c(-c2ccc(Cl)cc2C(=O)O)c1. The van der Waals surface area contributed by atoms with Gasteiger partial charge in [0.2, 0.25) is 0 Å². The zero-order valence-electron chi connectivity index (χ0n) is 10.2. The van der Waals surface area contributed by atoms with Crippen molar-refractivity contribution in [3.05, 3.63) is 58.1 Å². The molecular formula is C15H13ClO2. The summed E-state index contributed by atoms with van der Waals surface area (Å²) in [7, 11) is 0. The Labute approximate surface area is 111 Å². The Morgan fingerprint density at radius 3 is 2.44 bits per heavy atom. The van der Waals surface area contributed by atoms with Crippen LogP contribution < -0.4 is 0 Å². The van der Waals surface area contributed by atoms with Gasteiger partial charge in [-0.2, -0.15) is 0 Å². The average Bonchev–Trinajstić information content (AvgIpc) is 2.32. The molecule has 0 aliphatic rings. The summed E-state index contributed by atoms with van der Waals surface area (Å²) < 4.78 is 0. The first-order valence-corrected chi connectivity index (χ1v) is 5.97. The van der Waals surface area contributed by atoms with Crippen LogP contribution in [-0.2, 0) is 0 Å². The van der Waals surface area contributed by atoms with Gasteiger partial charge in [0, 0.05) is 5.02 Å². The van der Waals surface area contributed by atoms with Crippen molar-refractivity contribution in [3.8, 4) is 11.1 Å².